The molecule has 0 amide bonds. The molecule has 0 N–H and O–H groups in total. The molecule has 0 aromatic heterocycles. The van der Waals surface area contributed by atoms with E-state index in [0.717, 1.165) is 23.4 Å². The highest BCUT2D eigenvalue weighted by molar-refractivity contribution is 7.89. The van der Waals surface area contributed by atoms with Crippen molar-refractivity contribution < 1.29 is 22.3 Å². The van der Waals surface area contributed by atoms with E-state index in [2.05, 4.69) is 0 Å². The highest BCUT2D eigenvalue weighted by atomic mass is 32.2. The summed E-state index contributed by atoms with van der Waals surface area (Å²) in [7, 11) is -3.70. The van der Waals surface area contributed by atoms with Crippen molar-refractivity contribution >= 4 is 16.1 Å². The third kappa shape index (κ3) is 3.33. The van der Waals surface area contributed by atoms with E-state index >= 15 is 0 Å². The molecule has 2 aliphatic heterocycles. The number of hydrogen-bond acceptors (Lipinski definition) is 4. The molecule has 5 nitrogen and oxygen atoms in total. The first-order chi connectivity index (χ1) is 12.9. The predicted octanol–water partition coefficient (Wildman–Crippen LogP) is 3.46. The van der Waals surface area contributed by atoms with Crippen LogP contribution in [0.1, 0.15) is 18.9 Å². The van der Waals surface area contributed by atoms with E-state index < -0.39 is 21.4 Å². The largest absolute Gasteiger partial charge is 0.494 e. The minimum absolute atomic E-state index is 0.0831. The fourth-order valence-electron chi connectivity index (χ4n) is 3.44. The number of sulfonamides is 1. The molecule has 1 saturated heterocycles. The van der Waals surface area contributed by atoms with Gasteiger partial charge in [0.25, 0.3) is 0 Å². The predicted molar refractivity (Wildman–Crippen MR) is 99.8 cm³/mol. The van der Waals surface area contributed by atoms with E-state index in [4.69, 9.17) is 9.47 Å². The Bertz CT molecular complexity index is 988. The second kappa shape index (κ2) is 6.65. The number of rotatable bonds is 4. The summed E-state index contributed by atoms with van der Waals surface area (Å²) in [5, 5.41) is 0. The zero-order valence-corrected chi connectivity index (χ0v) is 15.7. The maximum atomic E-state index is 13.1. The molecule has 0 radical (unpaired) electrons. The molecule has 2 aromatic carbocycles. The first-order valence-corrected chi connectivity index (χ1v) is 10.3. The van der Waals surface area contributed by atoms with Gasteiger partial charge in [0, 0.05) is 24.6 Å². The summed E-state index contributed by atoms with van der Waals surface area (Å²) in [6.07, 6.45) is 4.43. The van der Waals surface area contributed by atoms with Crippen molar-refractivity contribution in [1.29, 1.82) is 0 Å². The van der Waals surface area contributed by atoms with E-state index in [1.807, 2.05) is 37.3 Å². The third-order valence-electron chi connectivity index (χ3n) is 4.86. The average molecular weight is 389 g/mol. The molecule has 4 rings (SSSR count). The first kappa shape index (κ1) is 18.0. The van der Waals surface area contributed by atoms with Crippen LogP contribution in [0.4, 0.5) is 4.39 Å². The monoisotopic (exact) mass is 389 g/mol. The Balaban J connectivity index is 1.57. The van der Waals surface area contributed by atoms with Crippen molar-refractivity contribution in [3.63, 3.8) is 0 Å². The fraction of sp³-hybridized carbons (Fsp3) is 0.300. The lowest BCUT2D eigenvalue weighted by Gasteiger charge is -2.31. The van der Waals surface area contributed by atoms with Gasteiger partial charge in [0.15, 0.2) is 0 Å². The molecule has 0 bridgehead atoms. The van der Waals surface area contributed by atoms with Gasteiger partial charge in [-0.05, 0) is 49.4 Å². The molecule has 0 saturated carbocycles. The van der Waals surface area contributed by atoms with Crippen LogP contribution in [0, 0.1) is 5.82 Å². The summed E-state index contributed by atoms with van der Waals surface area (Å²) in [4.78, 5) is 0.0831. The Morgan fingerprint density at radius 1 is 1.22 bits per heavy atom. The van der Waals surface area contributed by atoms with Gasteiger partial charge in [0.05, 0.1) is 18.0 Å². The van der Waals surface area contributed by atoms with Gasteiger partial charge in [-0.15, -0.1) is 0 Å². The van der Waals surface area contributed by atoms with E-state index in [1.165, 1.54) is 16.4 Å². The summed E-state index contributed by atoms with van der Waals surface area (Å²) < 4.78 is 52.0. The van der Waals surface area contributed by atoms with Gasteiger partial charge in [-0.1, -0.05) is 6.08 Å². The van der Waals surface area contributed by atoms with Crippen LogP contribution in [0.5, 0.6) is 11.5 Å². The third-order valence-corrected chi connectivity index (χ3v) is 6.72. The summed E-state index contributed by atoms with van der Waals surface area (Å²) in [6, 6.07) is 10.5. The Labute approximate surface area is 158 Å². The smallest absolute Gasteiger partial charge is 0.243 e. The van der Waals surface area contributed by atoms with E-state index in [-0.39, 0.29) is 11.4 Å². The Hall–Kier alpha value is -2.38. The second-order valence-corrected chi connectivity index (χ2v) is 8.61. The van der Waals surface area contributed by atoms with Crippen molar-refractivity contribution in [2.75, 3.05) is 19.7 Å². The molecular formula is C20H20FNO4S. The fourth-order valence-corrected chi connectivity index (χ4v) is 4.94. The Morgan fingerprint density at radius 2 is 2.00 bits per heavy atom. The number of ether oxygens (including phenoxy) is 2. The molecule has 2 aromatic rings. The van der Waals surface area contributed by atoms with Crippen LogP contribution in [0.15, 0.2) is 53.4 Å². The summed E-state index contributed by atoms with van der Waals surface area (Å²) in [5.74, 6) is 0.937. The summed E-state index contributed by atoms with van der Waals surface area (Å²) >= 11 is 0. The van der Waals surface area contributed by atoms with Gasteiger partial charge in [-0.25, -0.2) is 12.8 Å². The van der Waals surface area contributed by atoms with Crippen molar-refractivity contribution in [2.24, 2.45) is 0 Å². The maximum absolute atomic E-state index is 13.1. The number of hydrogen-bond donors (Lipinski definition) is 0. The first-order valence-electron chi connectivity index (χ1n) is 8.83. The van der Waals surface area contributed by atoms with Gasteiger partial charge in [0.2, 0.25) is 10.0 Å². The number of fused-ring (bicyclic) bond motifs is 1. The molecule has 2 heterocycles. The molecular weight excluding hydrogens is 369 g/mol. The molecule has 0 aliphatic carbocycles. The topological polar surface area (TPSA) is 55.8 Å². The van der Waals surface area contributed by atoms with Gasteiger partial charge in [-0.2, -0.15) is 4.31 Å². The lowest BCUT2D eigenvalue weighted by Crippen LogP contribution is -2.40. The molecule has 1 fully saturated rings. The van der Waals surface area contributed by atoms with E-state index in [0.29, 0.717) is 25.3 Å². The van der Waals surface area contributed by atoms with Gasteiger partial charge < -0.3 is 9.47 Å². The molecule has 1 atom stereocenters. The molecule has 1 spiro atoms. The lowest BCUT2D eigenvalue weighted by atomic mass is 9.97. The second-order valence-electron chi connectivity index (χ2n) is 6.68. The number of nitrogens with zero attached hydrogens (tertiary/aromatic N) is 1. The zero-order chi connectivity index (χ0) is 19.1. The van der Waals surface area contributed by atoms with Crippen LogP contribution in [0.25, 0.3) is 6.08 Å². The summed E-state index contributed by atoms with van der Waals surface area (Å²) in [6.45, 7) is 3.02. The van der Waals surface area contributed by atoms with E-state index in [1.54, 1.807) is 0 Å². The van der Waals surface area contributed by atoms with E-state index in [9.17, 15) is 12.8 Å². The van der Waals surface area contributed by atoms with Crippen LogP contribution in [0.3, 0.4) is 0 Å². The standard InChI is InChI=1S/C20H20FNO4S/c1-2-25-17-6-3-15-9-10-20(26-19(15)13-17)11-12-22(14-20)27(23,24)18-7-4-16(21)5-8-18/h3-10,13H,2,11-12,14H2,1H3. The average Bonchev–Trinajstić information content (AvgIpc) is 3.06. The molecule has 142 valence electrons. The van der Waals surface area contributed by atoms with Crippen LogP contribution in [-0.4, -0.2) is 38.0 Å². The minimum atomic E-state index is -3.70. The normalized spacial score (nSPS) is 21.9. The maximum Gasteiger partial charge on any atom is 0.243 e. The minimum Gasteiger partial charge on any atom is -0.494 e. The van der Waals surface area contributed by atoms with Crippen molar-refractivity contribution in [3.8, 4) is 11.5 Å². The van der Waals surface area contributed by atoms with Gasteiger partial charge >= 0.3 is 0 Å². The van der Waals surface area contributed by atoms with Crippen LogP contribution in [-0.2, 0) is 10.0 Å². The van der Waals surface area contributed by atoms with Crippen LogP contribution in [0.2, 0.25) is 0 Å². The summed E-state index contributed by atoms with van der Waals surface area (Å²) in [5.41, 5.74) is 0.231. The lowest BCUT2D eigenvalue weighted by molar-refractivity contribution is 0.132. The molecule has 2 aliphatic rings. The molecule has 1 unspecified atom stereocenters. The molecule has 27 heavy (non-hydrogen) atoms. The highest BCUT2D eigenvalue weighted by Crippen LogP contribution is 2.39. The Kier molecular flexibility index (Phi) is 4.44. The Morgan fingerprint density at radius 3 is 2.74 bits per heavy atom. The molecule has 7 heteroatoms. The van der Waals surface area contributed by atoms with Crippen LogP contribution < -0.4 is 9.47 Å². The van der Waals surface area contributed by atoms with Gasteiger partial charge in [-0.3, -0.25) is 0 Å². The SMILES string of the molecule is CCOc1ccc2c(c1)OC1(C=C2)CCN(S(=O)(=O)c2ccc(F)cc2)C1. The zero-order valence-electron chi connectivity index (χ0n) is 14.9. The quantitative estimate of drug-likeness (QED) is 0.804. The number of benzene rings is 2. The number of halogens is 1. The van der Waals surface area contributed by atoms with Crippen molar-refractivity contribution in [1.82, 2.24) is 4.31 Å². The highest BCUT2D eigenvalue weighted by Gasteiger charge is 2.44. The van der Waals surface area contributed by atoms with Crippen molar-refractivity contribution in [2.45, 2.75) is 23.8 Å². The van der Waals surface area contributed by atoms with Crippen LogP contribution >= 0.6 is 0 Å². The van der Waals surface area contributed by atoms with Gasteiger partial charge in [0.1, 0.15) is 22.9 Å². The van der Waals surface area contributed by atoms with Crippen molar-refractivity contribution in [3.05, 3.63) is 59.9 Å².